The molecule has 1 saturated heterocycles. The molecule has 0 unspecified atom stereocenters. The van der Waals surface area contributed by atoms with Gasteiger partial charge in [-0.3, -0.25) is 0 Å². The maximum absolute atomic E-state index is 13.6. The molecule has 2 atom stereocenters. The quantitative estimate of drug-likeness (QED) is 0.729. The Bertz CT molecular complexity index is 1020. The molecule has 1 heterocycles. The molecule has 1 aliphatic heterocycles. The summed E-state index contributed by atoms with van der Waals surface area (Å²) in [5, 5.41) is 0. The number of hydrogen-bond donors (Lipinski definition) is 0. The van der Waals surface area contributed by atoms with Crippen molar-refractivity contribution in [3.05, 3.63) is 71.3 Å². The fraction of sp³-hybridized carbons (Fsp3) is 0.391. The first-order chi connectivity index (χ1) is 13.0. The van der Waals surface area contributed by atoms with Crippen LogP contribution in [-0.4, -0.2) is 19.3 Å². The van der Waals surface area contributed by atoms with Gasteiger partial charge < -0.3 is 0 Å². The number of sulfonamides is 1. The Morgan fingerprint density at radius 3 is 2.56 bits per heavy atom. The van der Waals surface area contributed by atoms with Crippen molar-refractivity contribution >= 4 is 15.6 Å². The van der Waals surface area contributed by atoms with Crippen LogP contribution in [0, 0.1) is 12.3 Å². The van der Waals surface area contributed by atoms with Crippen LogP contribution in [0.3, 0.4) is 0 Å². The normalized spacial score (nSPS) is 27.4. The minimum Gasteiger partial charge on any atom is -0.207 e. The van der Waals surface area contributed by atoms with E-state index in [0.29, 0.717) is 11.4 Å². The molecule has 2 aliphatic carbocycles. The zero-order valence-electron chi connectivity index (χ0n) is 15.7. The van der Waals surface area contributed by atoms with Crippen molar-refractivity contribution in [2.45, 2.75) is 50.0 Å². The Morgan fingerprint density at radius 1 is 1.00 bits per heavy atom. The van der Waals surface area contributed by atoms with Crippen molar-refractivity contribution in [3.8, 4) is 0 Å². The Morgan fingerprint density at radius 2 is 1.74 bits per heavy atom. The van der Waals surface area contributed by atoms with Crippen LogP contribution in [0.25, 0.3) is 5.57 Å². The average Bonchev–Trinajstić information content (AvgIpc) is 2.99. The van der Waals surface area contributed by atoms with E-state index in [1.165, 1.54) is 16.7 Å². The third-order valence-electron chi connectivity index (χ3n) is 6.70. The van der Waals surface area contributed by atoms with E-state index in [-0.39, 0.29) is 11.5 Å². The van der Waals surface area contributed by atoms with Gasteiger partial charge in [-0.05, 0) is 67.9 Å². The molecule has 4 heteroatoms. The first-order valence-corrected chi connectivity index (χ1v) is 11.4. The summed E-state index contributed by atoms with van der Waals surface area (Å²) >= 11 is 0. The minimum atomic E-state index is -3.53. The Kier molecular flexibility index (Phi) is 3.85. The van der Waals surface area contributed by atoms with Crippen LogP contribution in [0.15, 0.2) is 59.5 Å². The second-order valence-electron chi connectivity index (χ2n) is 8.19. The second kappa shape index (κ2) is 6.05. The summed E-state index contributed by atoms with van der Waals surface area (Å²) in [5.41, 5.74) is 4.90. The fourth-order valence-electron chi connectivity index (χ4n) is 5.55. The highest BCUT2D eigenvalue weighted by atomic mass is 32.2. The molecule has 0 amide bonds. The minimum absolute atomic E-state index is 0.0437. The third kappa shape index (κ3) is 2.39. The lowest BCUT2D eigenvalue weighted by atomic mass is 9.66. The van der Waals surface area contributed by atoms with E-state index in [0.717, 1.165) is 37.7 Å². The molecular formula is C23H25NO2S. The van der Waals surface area contributed by atoms with Gasteiger partial charge in [-0.15, -0.1) is 0 Å². The average molecular weight is 380 g/mol. The van der Waals surface area contributed by atoms with Crippen molar-refractivity contribution < 1.29 is 8.42 Å². The molecule has 27 heavy (non-hydrogen) atoms. The van der Waals surface area contributed by atoms with Crippen molar-refractivity contribution in [2.24, 2.45) is 5.41 Å². The molecule has 0 bridgehead atoms. The van der Waals surface area contributed by atoms with Crippen LogP contribution in [0.5, 0.6) is 0 Å². The summed E-state index contributed by atoms with van der Waals surface area (Å²) in [5.74, 6) is 0. The molecule has 2 aromatic rings. The first kappa shape index (κ1) is 17.2. The number of nitrogens with zero attached hydrogens (tertiary/aromatic N) is 1. The monoisotopic (exact) mass is 379 g/mol. The predicted molar refractivity (Wildman–Crippen MR) is 108 cm³/mol. The van der Waals surface area contributed by atoms with Gasteiger partial charge >= 0.3 is 0 Å². The van der Waals surface area contributed by atoms with Gasteiger partial charge in [0, 0.05) is 12.0 Å². The summed E-state index contributed by atoms with van der Waals surface area (Å²) in [7, 11) is -3.53. The van der Waals surface area contributed by atoms with Crippen LogP contribution in [0.2, 0.25) is 0 Å². The maximum Gasteiger partial charge on any atom is 0.243 e. The van der Waals surface area contributed by atoms with Crippen LogP contribution in [-0.2, 0) is 10.0 Å². The Hall–Kier alpha value is -1.91. The van der Waals surface area contributed by atoms with E-state index in [1.54, 1.807) is 12.1 Å². The topological polar surface area (TPSA) is 37.4 Å². The lowest BCUT2D eigenvalue weighted by molar-refractivity contribution is 0.115. The molecule has 3 aliphatic rings. The number of fused-ring (bicyclic) bond motifs is 3. The van der Waals surface area contributed by atoms with Gasteiger partial charge in [0.15, 0.2) is 0 Å². The maximum atomic E-state index is 13.6. The number of benzene rings is 2. The molecule has 3 nitrogen and oxygen atoms in total. The highest BCUT2D eigenvalue weighted by Gasteiger charge is 2.56. The molecule has 140 valence electrons. The van der Waals surface area contributed by atoms with Crippen LogP contribution < -0.4 is 0 Å². The van der Waals surface area contributed by atoms with E-state index in [9.17, 15) is 8.42 Å². The molecule has 0 aromatic heterocycles. The Labute approximate surface area is 161 Å². The predicted octanol–water partition coefficient (Wildman–Crippen LogP) is 5.09. The lowest BCUT2D eigenvalue weighted by Gasteiger charge is -2.48. The number of rotatable bonds is 2. The lowest BCUT2D eigenvalue weighted by Crippen LogP contribution is -2.47. The number of piperidine rings is 1. The van der Waals surface area contributed by atoms with Gasteiger partial charge in [0.05, 0.1) is 10.9 Å². The second-order valence-corrected chi connectivity index (χ2v) is 10.1. The molecule has 0 saturated carbocycles. The van der Waals surface area contributed by atoms with E-state index in [1.807, 2.05) is 23.4 Å². The van der Waals surface area contributed by atoms with Gasteiger partial charge in [0.2, 0.25) is 10.0 Å². The van der Waals surface area contributed by atoms with Gasteiger partial charge in [-0.25, -0.2) is 8.42 Å². The van der Waals surface area contributed by atoms with Gasteiger partial charge in [0.25, 0.3) is 0 Å². The third-order valence-corrected chi connectivity index (χ3v) is 8.58. The summed E-state index contributed by atoms with van der Waals surface area (Å²) in [4.78, 5) is 0.413. The number of aryl methyl sites for hydroxylation is 1. The zero-order chi connectivity index (χ0) is 18.6. The molecule has 2 aromatic carbocycles. The van der Waals surface area contributed by atoms with Crippen molar-refractivity contribution in [1.82, 2.24) is 4.31 Å². The summed E-state index contributed by atoms with van der Waals surface area (Å²) < 4.78 is 29.1. The highest BCUT2D eigenvalue weighted by molar-refractivity contribution is 7.89. The number of allylic oxidation sites excluding steroid dienone is 1. The summed E-state index contributed by atoms with van der Waals surface area (Å²) in [6.45, 7) is 2.59. The van der Waals surface area contributed by atoms with Crippen molar-refractivity contribution in [2.75, 3.05) is 6.54 Å². The largest absolute Gasteiger partial charge is 0.243 e. The number of hydrogen-bond acceptors (Lipinski definition) is 2. The van der Waals surface area contributed by atoms with E-state index in [2.05, 4.69) is 30.3 Å². The smallest absolute Gasteiger partial charge is 0.207 e. The van der Waals surface area contributed by atoms with Crippen LogP contribution in [0.1, 0.15) is 54.8 Å². The van der Waals surface area contributed by atoms with Gasteiger partial charge in [-0.2, -0.15) is 4.31 Å². The molecule has 1 spiro atoms. The van der Waals surface area contributed by atoms with Gasteiger partial charge in [0.1, 0.15) is 0 Å². The van der Waals surface area contributed by atoms with E-state index in [4.69, 9.17) is 0 Å². The van der Waals surface area contributed by atoms with E-state index >= 15 is 0 Å². The summed E-state index contributed by atoms with van der Waals surface area (Å²) in [6, 6.07) is 15.7. The van der Waals surface area contributed by atoms with E-state index < -0.39 is 10.0 Å². The molecular weight excluding hydrogens is 354 g/mol. The molecule has 0 N–H and O–H groups in total. The standard InChI is InChI=1S/C23H25NO2S/c1-17-10-12-18(13-11-17)27(25,26)24-16-6-15-23-14-5-4-9-21(23)19-7-2-3-8-20(19)22(23)24/h2-3,7-13,22H,4-6,14-16H2,1H3/t22-,23+/m0/s1. The SMILES string of the molecule is Cc1ccc(S(=O)(=O)N2CCC[C@]34CCCC=C3c3ccccc3[C@H]24)cc1. The molecule has 0 radical (unpaired) electrons. The molecule has 5 rings (SSSR count). The first-order valence-electron chi connectivity index (χ1n) is 9.92. The Balaban J connectivity index is 1.68. The highest BCUT2D eigenvalue weighted by Crippen LogP contribution is 2.64. The van der Waals surface area contributed by atoms with Crippen LogP contribution >= 0.6 is 0 Å². The zero-order valence-corrected chi connectivity index (χ0v) is 16.5. The summed E-state index contributed by atoms with van der Waals surface area (Å²) in [6.07, 6.45) is 7.71. The van der Waals surface area contributed by atoms with Crippen molar-refractivity contribution in [1.29, 1.82) is 0 Å². The van der Waals surface area contributed by atoms with Crippen LogP contribution in [0.4, 0.5) is 0 Å². The van der Waals surface area contributed by atoms with Gasteiger partial charge in [-0.1, -0.05) is 48.0 Å². The van der Waals surface area contributed by atoms with Crippen molar-refractivity contribution in [3.63, 3.8) is 0 Å². The molecule has 1 fully saturated rings. The fourth-order valence-corrected chi connectivity index (χ4v) is 7.27.